The Morgan fingerprint density at radius 3 is 2.78 bits per heavy atom. The number of nitrogens with zero attached hydrogens (tertiary/aromatic N) is 5. The Morgan fingerprint density at radius 2 is 2.00 bits per heavy atom. The Balaban J connectivity index is 1.61. The van der Waals surface area contributed by atoms with Crippen LogP contribution in [-0.2, 0) is 13.0 Å². The molecule has 0 N–H and O–H groups in total. The van der Waals surface area contributed by atoms with Crippen molar-refractivity contribution in [2.75, 3.05) is 18.0 Å². The van der Waals surface area contributed by atoms with Gasteiger partial charge >= 0.3 is 0 Å². The predicted molar refractivity (Wildman–Crippen MR) is 110 cm³/mol. The Labute approximate surface area is 161 Å². The van der Waals surface area contributed by atoms with Gasteiger partial charge in [-0.3, -0.25) is 4.98 Å². The van der Waals surface area contributed by atoms with E-state index in [4.69, 9.17) is 4.98 Å². The molecule has 1 saturated heterocycles. The van der Waals surface area contributed by atoms with Gasteiger partial charge in [-0.15, -0.1) is 0 Å². The topological polar surface area (TPSA) is 46.8 Å². The second kappa shape index (κ2) is 7.67. The van der Waals surface area contributed by atoms with E-state index in [0.717, 1.165) is 49.6 Å². The summed E-state index contributed by atoms with van der Waals surface area (Å²) in [5.74, 6) is 2.48. The molecule has 5 nitrogen and oxygen atoms in total. The zero-order valence-electron chi connectivity index (χ0n) is 16.6. The van der Waals surface area contributed by atoms with Crippen molar-refractivity contribution >= 4 is 16.6 Å². The van der Waals surface area contributed by atoms with Crippen molar-refractivity contribution < 1.29 is 0 Å². The predicted octanol–water partition coefficient (Wildman–Crippen LogP) is 4.31. The van der Waals surface area contributed by atoms with E-state index in [1.54, 1.807) is 0 Å². The third-order valence-electron chi connectivity index (χ3n) is 5.51. The molecule has 1 aromatic carbocycles. The lowest BCUT2D eigenvalue weighted by molar-refractivity contribution is 0.348. The van der Waals surface area contributed by atoms with E-state index in [1.165, 1.54) is 29.6 Å². The molecule has 0 aliphatic carbocycles. The van der Waals surface area contributed by atoms with E-state index >= 15 is 0 Å². The van der Waals surface area contributed by atoms with E-state index in [2.05, 4.69) is 56.9 Å². The van der Waals surface area contributed by atoms with Crippen molar-refractivity contribution in [3.63, 3.8) is 0 Å². The molecule has 5 heteroatoms. The Morgan fingerprint density at radius 1 is 1.15 bits per heavy atom. The monoisotopic (exact) mass is 363 g/mol. The number of rotatable bonds is 5. The van der Waals surface area contributed by atoms with Crippen molar-refractivity contribution in [3.8, 4) is 0 Å². The molecule has 0 bridgehead atoms. The number of anilines is 1. The van der Waals surface area contributed by atoms with Crippen LogP contribution in [0.3, 0.4) is 0 Å². The van der Waals surface area contributed by atoms with Crippen LogP contribution in [0.15, 0.2) is 30.3 Å². The van der Waals surface area contributed by atoms with Gasteiger partial charge in [-0.2, -0.15) is 5.10 Å². The maximum atomic E-state index is 4.87. The van der Waals surface area contributed by atoms with Gasteiger partial charge in [-0.25, -0.2) is 9.67 Å². The Kier molecular flexibility index (Phi) is 5.10. The normalized spacial score (nSPS) is 17.6. The summed E-state index contributed by atoms with van der Waals surface area (Å²) in [5.41, 5.74) is 3.67. The third-order valence-corrected chi connectivity index (χ3v) is 5.51. The molecule has 3 heterocycles. The smallest absolute Gasteiger partial charge is 0.147 e. The molecule has 0 amide bonds. The molecular formula is C22H29N5. The van der Waals surface area contributed by atoms with Crippen LogP contribution < -0.4 is 4.90 Å². The lowest BCUT2D eigenvalue weighted by atomic mass is 9.96. The first-order chi connectivity index (χ1) is 13.1. The summed E-state index contributed by atoms with van der Waals surface area (Å²) in [6, 6.07) is 10.9. The average Bonchev–Trinajstić information content (AvgIpc) is 2.98. The summed E-state index contributed by atoms with van der Waals surface area (Å²) in [6.45, 7) is 9.37. The van der Waals surface area contributed by atoms with Crippen LogP contribution in [-0.4, -0.2) is 32.8 Å². The largest absolute Gasteiger partial charge is 0.371 e. The molecule has 1 fully saturated rings. The molecule has 0 saturated carbocycles. The molecule has 1 aliphatic heterocycles. The van der Waals surface area contributed by atoms with E-state index in [1.807, 2.05) is 13.8 Å². The minimum atomic E-state index is 0.597. The molecule has 142 valence electrons. The van der Waals surface area contributed by atoms with Gasteiger partial charge in [-0.05, 0) is 51.2 Å². The lowest BCUT2D eigenvalue weighted by Gasteiger charge is -2.35. The van der Waals surface area contributed by atoms with Crippen LogP contribution in [0.5, 0.6) is 0 Å². The zero-order valence-corrected chi connectivity index (χ0v) is 16.6. The summed E-state index contributed by atoms with van der Waals surface area (Å²) in [6.07, 6.45) is 4.63. The fraction of sp³-hybridized carbons (Fsp3) is 0.500. The van der Waals surface area contributed by atoms with Gasteiger partial charge in [0.25, 0.3) is 0 Å². The van der Waals surface area contributed by atoms with Gasteiger partial charge in [0.2, 0.25) is 0 Å². The van der Waals surface area contributed by atoms with E-state index in [0.29, 0.717) is 5.92 Å². The van der Waals surface area contributed by atoms with Crippen LogP contribution in [0.1, 0.15) is 43.5 Å². The first-order valence-electron chi connectivity index (χ1n) is 10.2. The minimum absolute atomic E-state index is 0.597. The Hall–Kier alpha value is -2.43. The first-order valence-corrected chi connectivity index (χ1v) is 10.2. The molecule has 1 atom stereocenters. The van der Waals surface area contributed by atoms with Gasteiger partial charge in [0.15, 0.2) is 0 Å². The highest BCUT2D eigenvalue weighted by atomic mass is 15.3. The maximum Gasteiger partial charge on any atom is 0.147 e. The molecule has 0 radical (unpaired) electrons. The van der Waals surface area contributed by atoms with Crippen molar-refractivity contribution in [2.24, 2.45) is 5.92 Å². The third kappa shape index (κ3) is 3.82. The SMILES string of the molecule is CCCc1cc(N2CCCC(Cn3nc(C)nc3C)C2)c2ccccc2n1. The highest BCUT2D eigenvalue weighted by molar-refractivity contribution is 5.92. The van der Waals surface area contributed by atoms with Gasteiger partial charge in [-0.1, -0.05) is 31.5 Å². The first kappa shape index (κ1) is 18.0. The number of piperidine rings is 1. The Bertz CT molecular complexity index is 930. The number of fused-ring (bicyclic) bond motifs is 1. The van der Waals surface area contributed by atoms with Crippen LogP contribution in [0, 0.1) is 19.8 Å². The number of aromatic nitrogens is 4. The number of hydrogen-bond donors (Lipinski definition) is 0. The summed E-state index contributed by atoms with van der Waals surface area (Å²) < 4.78 is 2.08. The molecule has 1 unspecified atom stereocenters. The highest BCUT2D eigenvalue weighted by Crippen LogP contribution is 2.31. The zero-order chi connectivity index (χ0) is 18.8. The van der Waals surface area contributed by atoms with Gasteiger partial charge < -0.3 is 4.90 Å². The fourth-order valence-corrected chi connectivity index (χ4v) is 4.27. The second-order valence-electron chi connectivity index (χ2n) is 7.74. The van der Waals surface area contributed by atoms with Crippen molar-refractivity contribution in [3.05, 3.63) is 47.7 Å². The number of pyridine rings is 1. The van der Waals surface area contributed by atoms with Crippen molar-refractivity contribution in [1.29, 1.82) is 0 Å². The standard InChI is InChI=1S/C22H29N5/c1-4-8-19-13-22(20-10-5-6-11-21(20)24-19)26-12-7-9-18(14-26)15-27-17(3)23-16(2)25-27/h5-6,10-11,13,18H,4,7-9,12,14-15H2,1-3H3. The number of hydrogen-bond acceptors (Lipinski definition) is 4. The maximum absolute atomic E-state index is 4.87. The van der Waals surface area contributed by atoms with E-state index in [-0.39, 0.29) is 0 Å². The van der Waals surface area contributed by atoms with E-state index < -0.39 is 0 Å². The summed E-state index contributed by atoms with van der Waals surface area (Å²) in [5, 5.41) is 5.84. The van der Waals surface area contributed by atoms with E-state index in [9.17, 15) is 0 Å². The van der Waals surface area contributed by atoms with Crippen LogP contribution in [0.25, 0.3) is 10.9 Å². The molecule has 1 aliphatic rings. The lowest BCUT2D eigenvalue weighted by Crippen LogP contribution is -2.37. The molecule has 3 aromatic rings. The minimum Gasteiger partial charge on any atom is -0.371 e. The molecule has 27 heavy (non-hydrogen) atoms. The highest BCUT2D eigenvalue weighted by Gasteiger charge is 2.23. The molecule has 0 spiro atoms. The summed E-state index contributed by atoms with van der Waals surface area (Å²) in [7, 11) is 0. The quantitative estimate of drug-likeness (QED) is 0.677. The fourth-order valence-electron chi connectivity index (χ4n) is 4.27. The van der Waals surface area contributed by atoms with Gasteiger partial charge in [0.05, 0.1) is 5.52 Å². The average molecular weight is 364 g/mol. The van der Waals surface area contributed by atoms with Crippen LogP contribution >= 0.6 is 0 Å². The molecule has 2 aromatic heterocycles. The number of aryl methyl sites for hydroxylation is 3. The van der Waals surface area contributed by atoms with Gasteiger partial charge in [0.1, 0.15) is 11.6 Å². The molecule has 4 rings (SSSR count). The summed E-state index contributed by atoms with van der Waals surface area (Å²) in [4.78, 5) is 11.9. The van der Waals surface area contributed by atoms with Crippen LogP contribution in [0.2, 0.25) is 0 Å². The summed E-state index contributed by atoms with van der Waals surface area (Å²) >= 11 is 0. The molecular weight excluding hydrogens is 334 g/mol. The van der Waals surface area contributed by atoms with Crippen molar-refractivity contribution in [1.82, 2.24) is 19.7 Å². The van der Waals surface area contributed by atoms with Gasteiger partial charge in [0, 0.05) is 36.4 Å². The van der Waals surface area contributed by atoms with Crippen molar-refractivity contribution in [2.45, 2.75) is 53.0 Å². The number of para-hydroxylation sites is 1. The second-order valence-corrected chi connectivity index (χ2v) is 7.74. The number of benzene rings is 1. The van der Waals surface area contributed by atoms with Crippen LogP contribution in [0.4, 0.5) is 5.69 Å².